The summed E-state index contributed by atoms with van der Waals surface area (Å²) in [6.45, 7) is 4.63. The van der Waals surface area contributed by atoms with Crippen molar-refractivity contribution in [1.29, 1.82) is 0 Å². The van der Waals surface area contributed by atoms with E-state index in [-0.39, 0.29) is 5.41 Å². The number of benzene rings is 4. The molecule has 0 spiro atoms. The van der Waals surface area contributed by atoms with Gasteiger partial charge in [-0.25, -0.2) is 0 Å². The van der Waals surface area contributed by atoms with E-state index in [4.69, 9.17) is 5.10 Å². The summed E-state index contributed by atoms with van der Waals surface area (Å²) in [6, 6.07) is 30.6. The van der Waals surface area contributed by atoms with E-state index in [1.807, 2.05) is 0 Å². The van der Waals surface area contributed by atoms with Crippen molar-refractivity contribution in [2.24, 2.45) is 0 Å². The van der Waals surface area contributed by atoms with Crippen molar-refractivity contribution in [2.45, 2.75) is 19.3 Å². The van der Waals surface area contributed by atoms with Crippen LogP contribution in [-0.4, -0.2) is 14.6 Å². The van der Waals surface area contributed by atoms with Crippen LogP contribution in [0.2, 0.25) is 0 Å². The van der Waals surface area contributed by atoms with Crippen molar-refractivity contribution in [1.82, 2.24) is 14.6 Å². The molecule has 0 aliphatic heterocycles. The number of fused-ring (bicyclic) bond motifs is 9. The zero-order chi connectivity index (χ0) is 22.3. The molecule has 158 valence electrons. The first-order valence-electron chi connectivity index (χ1n) is 11.1. The molecule has 7 rings (SSSR count). The van der Waals surface area contributed by atoms with Gasteiger partial charge in [0.15, 0.2) is 11.5 Å². The molecule has 0 amide bonds. The summed E-state index contributed by atoms with van der Waals surface area (Å²) < 4.78 is 3.45. The van der Waals surface area contributed by atoms with Crippen LogP contribution in [0.3, 0.4) is 0 Å². The largest absolute Gasteiger partial charge is 0.274 e. The van der Waals surface area contributed by atoms with Gasteiger partial charge in [0.2, 0.25) is 0 Å². The Labute approximate surface area is 205 Å². The van der Waals surface area contributed by atoms with Crippen molar-refractivity contribution >= 4 is 49.9 Å². The van der Waals surface area contributed by atoms with Gasteiger partial charge in [-0.05, 0) is 74.5 Å². The second kappa shape index (κ2) is 6.64. The number of rotatable bonds is 1. The Hall–Kier alpha value is -3.25. The lowest BCUT2D eigenvalue weighted by atomic mass is 9.82. The maximum Gasteiger partial charge on any atom is 0.169 e. The maximum atomic E-state index is 4.72. The van der Waals surface area contributed by atoms with E-state index >= 15 is 0 Å². The highest BCUT2D eigenvalue weighted by Gasteiger charge is 2.35. The van der Waals surface area contributed by atoms with Crippen LogP contribution in [0.5, 0.6) is 0 Å². The Kier molecular flexibility index (Phi) is 3.87. The van der Waals surface area contributed by atoms with E-state index in [0.29, 0.717) is 0 Å². The van der Waals surface area contributed by atoms with Crippen LogP contribution in [0.1, 0.15) is 25.0 Å². The van der Waals surface area contributed by atoms with Crippen LogP contribution in [0, 0.1) is 3.57 Å². The molecule has 1 aliphatic rings. The lowest BCUT2D eigenvalue weighted by Crippen LogP contribution is -2.15. The molecule has 4 aromatic carbocycles. The molecule has 1 aliphatic carbocycles. The fraction of sp³-hybridized carbons (Fsp3) is 0.103. The number of hydrogen-bond donors (Lipinski definition) is 0. The third-order valence-corrected chi connectivity index (χ3v) is 7.83. The summed E-state index contributed by atoms with van der Waals surface area (Å²) in [5, 5.41) is 13.0. The lowest BCUT2D eigenvalue weighted by Gasteiger charge is -2.21. The summed E-state index contributed by atoms with van der Waals surface area (Å²) >= 11 is 2.39. The van der Waals surface area contributed by atoms with E-state index in [1.54, 1.807) is 0 Å². The van der Waals surface area contributed by atoms with Crippen molar-refractivity contribution in [2.75, 3.05) is 0 Å². The summed E-state index contributed by atoms with van der Waals surface area (Å²) in [7, 11) is 0. The molecular weight excluding hydrogens is 517 g/mol. The first kappa shape index (κ1) is 19.2. The molecule has 6 aromatic rings. The summed E-state index contributed by atoms with van der Waals surface area (Å²) in [6.07, 6.45) is 0. The van der Waals surface area contributed by atoms with Crippen LogP contribution in [-0.2, 0) is 5.41 Å². The molecule has 0 N–H and O–H groups in total. The number of nitrogens with zero attached hydrogens (tertiary/aromatic N) is 3. The number of halogens is 1. The fourth-order valence-electron chi connectivity index (χ4n) is 5.55. The smallest absolute Gasteiger partial charge is 0.169 e. The minimum atomic E-state index is -0.0483. The number of aromatic nitrogens is 3. The Bertz CT molecular complexity index is 1760. The van der Waals surface area contributed by atoms with Crippen molar-refractivity contribution in [3.05, 3.63) is 99.6 Å². The lowest BCUT2D eigenvalue weighted by molar-refractivity contribution is 0.660. The van der Waals surface area contributed by atoms with Gasteiger partial charge in [0.1, 0.15) is 0 Å². The summed E-state index contributed by atoms with van der Waals surface area (Å²) in [4.78, 5) is 0. The second-order valence-corrected chi connectivity index (χ2v) is 10.6. The van der Waals surface area contributed by atoms with Gasteiger partial charge in [0, 0.05) is 25.3 Å². The molecule has 0 saturated carbocycles. The highest BCUT2D eigenvalue weighted by atomic mass is 127. The molecule has 0 fully saturated rings. The predicted octanol–water partition coefficient (Wildman–Crippen LogP) is 7.61. The molecule has 2 heterocycles. The molecule has 2 aromatic heterocycles. The second-order valence-electron chi connectivity index (χ2n) is 9.32. The van der Waals surface area contributed by atoms with E-state index in [1.165, 1.54) is 36.6 Å². The monoisotopic (exact) mass is 537 g/mol. The van der Waals surface area contributed by atoms with E-state index in [0.717, 1.165) is 27.9 Å². The van der Waals surface area contributed by atoms with E-state index < -0.39 is 0 Å². The Balaban J connectivity index is 1.55. The van der Waals surface area contributed by atoms with Gasteiger partial charge < -0.3 is 0 Å². The van der Waals surface area contributed by atoms with Gasteiger partial charge in [-0.2, -0.15) is 0 Å². The van der Waals surface area contributed by atoms with Gasteiger partial charge in [0.05, 0.1) is 5.52 Å². The average Bonchev–Trinajstić information content (AvgIpc) is 3.38. The number of pyridine rings is 1. The van der Waals surface area contributed by atoms with Gasteiger partial charge in [0.25, 0.3) is 0 Å². The molecule has 0 bridgehead atoms. The van der Waals surface area contributed by atoms with Crippen LogP contribution < -0.4 is 0 Å². The molecule has 0 saturated heterocycles. The van der Waals surface area contributed by atoms with Crippen molar-refractivity contribution in [3.8, 4) is 22.5 Å². The molecule has 0 unspecified atom stereocenters. The zero-order valence-corrected chi connectivity index (χ0v) is 20.5. The minimum absolute atomic E-state index is 0.0483. The molecule has 0 atom stereocenters. The Morgan fingerprint density at radius 2 is 1.45 bits per heavy atom. The van der Waals surface area contributed by atoms with Crippen LogP contribution >= 0.6 is 22.6 Å². The zero-order valence-electron chi connectivity index (χ0n) is 18.3. The summed E-state index contributed by atoms with van der Waals surface area (Å²) in [5.74, 6) is 0.886. The third-order valence-electron chi connectivity index (χ3n) is 7.16. The molecule has 3 nitrogen and oxygen atoms in total. The van der Waals surface area contributed by atoms with Gasteiger partial charge in [-0.15, -0.1) is 10.2 Å². The molecule has 4 heteroatoms. The highest BCUT2D eigenvalue weighted by molar-refractivity contribution is 14.1. The van der Waals surface area contributed by atoms with Gasteiger partial charge in [-0.3, -0.25) is 4.40 Å². The van der Waals surface area contributed by atoms with Gasteiger partial charge in [-0.1, -0.05) is 74.5 Å². The van der Waals surface area contributed by atoms with Crippen LogP contribution in [0.25, 0.3) is 49.8 Å². The predicted molar refractivity (Wildman–Crippen MR) is 144 cm³/mol. The summed E-state index contributed by atoms with van der Waals surface area (Å²) in [5.41, 5.74) is 8.46. The Morgan fingerprint density at radius 3 is 2.33 bits per heavy atom. The normalized spacial score (nSPS) is 14.2. The van der Waals surface area contributed by atoms with E-state index in [9.17, 15) is 0 Å². The topological polar surface area (TPSA) is 30.2 Å². The molecule has 0 radical (unpaired) electrons. The first-order valence-corrected chi connectivity index (χ1v) is 12.2. The highest BCUT2D eigenvalue weighted by Crippen LogP contribution is 2.49. The quantitative estimate of drug-likeness (QED) is 0.160. The standard InChI is InChI=1S/C29H20IN3/c1-29(2)24-10-6-5-8-20(24)21-13-11-17(15-25(21)29)27-31-32-28-22-9-4-3-7-19(22)23-16-18(30)12-14-26(23)33(27)28/h3-16H,1-2H3. The SMILES string of the molecule is CC1(C)c2ccccc2-c2ccc(-c3nnc4c5ccccc5c5cc(I)ccc5n34)cc21. The molecular formula is C29H20IN3. The van der Waals surface area contributed by atoms with E-state index in [2.05, 4.69) is 131 Å². The number of hydrogen-bond acceptors (Lipinski definition) is 2. The first-order chi connectivity index (χ1) is 16.0. The average molecular weight is 537 g/mol. The minimum Gasteiger partial charge on any atom is -0.274 e. The van der Waals surface area contributed by atoms with Gasteiger partial charge >= 0.3 is 0 Å². The third kappa shape index (κ3) is 2.55. The molecule has 33 heavy (non-hydrogen) atoms. The van der Waals surface area contributed by atoms with Crippen molar-refractivity contribution in [3.63, 3.8) is 0 Å². The Morgan fingerprint density at radius 1 is 0.697 bits per heavy atom. The van der Waals surface area contributed by atoms with Crippen molar-refractivity contribution < 1.29 is 0 Å². The van der Waals surface area contributed by atoms with Crippen LogP contribution in [0.4, 0.5) is 0 Å². The maximum absolute atomic E-state index is 4.72. The fourth-order valence-corrected chi connectivity index (χ4v) is 6.04. The van der Waals surface area contributed by atoms with Crippen LogP contribution in [0.15, 0.2) is 84.9 Å².